The van der Waals surface area contributed by atoms with E-state index in [1.54, 1.807) is 36.4 Å². The largest absolute Gasteiger partial charge is 0.394 e. The Morgan fingerprint density at radius 2 is 1.55 bits per heavy atom. The van der Waals surface area contributed by atoms with E-state index in [9.17, 15) is 9.90 Å². The molecular weight excluding hydrogens is 254 g/mol. The molecule has 1 amide bonds. The number of benzene rings is 2. The fraction of sp³-hybridized carbons (Fsp3) is 0.188. The monoisotopic (exact) mass is 271 g/mol. The highest BCUT2D eigenvalue weighted by molar-refractivity contribution is 5.94. The number of aliphatic hydroxyl groups excluding tert-OH is 2. The highest BCUT2D eigenvalue weighted by atomic mass is 16.3. The SMILES string of the molecule is O=C(N[C@H](c1ccccc1)[C@@H](O)CO)c1ccccc1. The summed E-state index contributed by atoms with van der Waals surface area (Å²) < 4.78 is 0. The van der Waals surface area contributed by atoms with Gasteiger partial charge in [0.1, 0.15) is 6.10 Å². The lowest BCUT2D eigenvalue weighted by atomic mass is 10.0. The standard InChI is InChI=1S/C16H17NO3/c18-11-14(19)15(12-7-3-1-4-8-12)17-16(20)13-9-5-2-6-10-13/h1-10,14-15,18-19H,11H2,(H,17,20)/t14-,15+/m0/s1. The van der Waals surface area contributed by atoms with Crippen molar-refractivity contribution in [3.05, 3.63) is 71.8 Å². The van der Waals surface area contributed by atoms with Gasteiger partial charge in [0, 0.05) is 5.56 Å². The maximum atomic E-state index is 12.1. The highest BCUT2D eigenvalue weighted by Crippen LogP contribution is 2.17. The number of hydrogen-bond acceptors (Lipinski definition) is 3. The Kier molecular flexibility index (Phi) is 4.87. The lowest BCUT2D eigenvalue weighted by molar-refractivity contribution is 0.0564. The first-order chi connectivity index (χ1) is 9.72. The van der Waals surface area contributed by atoms with Gasteiger partial charge in [0.05, 0.1) is 12.6 Å². The van der Waals surface area contributed by atoms with E-state index in [4.69, 9.17) is 5.11 Å². The van der Waals surface area contributed by atoms with E-state index in [0.29, 0.717) is 5.56 Å². The molecule has 2 rings (SSSR count). The van der Waals surface area contributed by atoms with Crippen molar-refractivity contribution in [2.75, 3.05) is 6.61 Å². The van der Waals surface area contributed by atoms with Crippen LogP contribution < -0.4 is 5.32 Å². The third kappa shape index (κ3) is 3.44. The second kappa shape index (κ2) is 6.84. The molecule has 0 saturated heterocycles. The first kappa shape index (κ1) is 14.2. The van der Waals surface area contributed by atoms with Crippen molar-refractivity contribution in [2.45, 2.75) is 12.1 Å². The molecule has 0 unspecified atom stereocenters. The summed E-state index contributed by atoms with van der Waals surface area (Å²) in [7, 11) is 0. The van der Waals surface area contributed by atoms with Crippen molar-refractivity contribution in [1.82, 2.24) is 5.32 Å². The number of amides is 1. The summed E-state index contributed by atoms with van der Waals surface area (Å²) >= 11 is 0. The lowest BCUT2D eigenvalue weighted by Gasteiger charge is -2.23. The molecule has 0 fully saturated rings. The minimum absolute atomic E-state index is 0.285. The van der Waals surface area contributed by atoms with E-state index in [2.05, 4.69) is 5.32 Å². The van der Waals surface area contributed by atoms with E-state index in [1.165, 1.54) is 0 Å². The van der Waals surface area contributed by atoms with Crippen molar-refractivity contribution in [3.8, 4) is 0 Å². The average molecular weight is 271 g/mol. The number of nitrogens with one attached hydrogen (secondary N) is 1. The van der Waals surface area contributed by atoms with Crippen LogP contribution in [-0.2, 0) is 0 Å². The van der Waals surface area contributed by atoms with Crippen LogP contribution in [0.2, 0.25) is 0 Å². The molecule has 4 heteroatoms. The second-order valence-electron chi connectivity index (χ2n) is 4.48. The van der Waals surface area contributed by atoms with Crippen LogP contribution in [0.3, 0.4) is 0 Å². The third-order valence-corrected chi connectivity index (χ3v) is 3.05. The van der Waals surface area contributed by atoms with Crippen molar-refractivity contribution in [1.29, 1.82) is 0 Å². The molecule has 20 heavy (non-hydrogen) atoms. The van der Waals surface area contributed by atoms with E-state index in [0.717, 1.165) is 5.56 Å². The maximum Gasteiger partial charge on any atom is 0.251 e. The molecule has 0 aliphatic heterocycles. The van der Waals surface area contributed by atoms with Crippen LogP contribution in [0.4, 0.5) is 0 Å². The average Bonchev–Trinajstić information content (AvgIpc) is 2.53. The summed E-state index contributed by atoms with van der Waals surface area (Å²) in [5.41, 5.74) is 1.26. The molecule has 0 radical (unpaired) electrons. The molecule has 3 N–H and O–H groups in total. The number of carbonyl (C=O) groups excluding carboxylic acids is 1. The summed E-state index contributed by atoms with van der Waals surface area (Å²) in [5, 5.41) is 21.8. The molecular formula is C16H17NO3. The molecule has 2 atom stereocenters. The highest BCUT2D eigenvalue weighted by Gasteiger charge is 2.22. The van der Waals surface area contributed by atoms with Crippen molar-refractivity contribution in [2.24, 2.45) is 0 Å². The zero-order valence-electron chi connectivity index (χ0n) is 10.9. The Hall–Kier alpha value is -2.17. The van der Waals surface area contributed by atoms with Gasteiger partial charge >= 0.3 is 0 Å². The van der Waals surface area contributed by atoms with Crippen LogP contribution in [0.5, 0.6) is 0 Å². The van der Waals surface area contributed by atoms with Crippen molar-refractivity contribution in [3.63, 3.8) is 0 Å². The Balaban J connectivity index is 2.19. The van der Waals surface area contributed by atoms with Crippen molar-refractivity contribution >= 4 is 5.91 Å². The van der Waals surface area contributed by atoms with Gasteiger partial charge in [-0.1, -0.05) is 48.5 Å². The predicted molar refractivity (Wildman–Crippen MR) is 76.2 cm³/mol. The van der Waals surface area contributed by atoms with Gasteiger partial charge in [-0.15, -0.1) is 0 Å². The first-order valence-corrected chi connectivity index (χ1v) is 6.42. The third-order valence-electron chi connectivity index (χ3n) is 3.05. The van der Waals surface area contributed by atoms with Crippen molar-refractivity contribution < 1.29 is 15.0 Å². The van der Waals surface area contributed by atoms with Crippen LogP contribution in [0.25, 0.3) is 0 Å². The van der Waals surface area contributed by atoms with Gasteiger partial charge in [0.25, 0.3) is 5.91 Å². The smallest absolute Gasteiger partial charge is 0.251 e. The molecule has 0 saturated carbocycles. The van der Waals surface area contributed by atoms with Gasteiger partial charge in [-0.25, -0.2) is 0 Å². The lowest BCUT2D eigenvalue weighted by Crippen LogP contribution is -2.38. The topological polar surface area (TPSA) is 69.6 Å². The van der Waals surface area contributed by atoms with Crippen LogP contribution in [0, 0.1) is 0 Å². The molecule has 2 aromatic rings. The zero-order chi connectivity index (χ0) is 14.4. The van der Waals surface area contributed by atoms with Gasteiger partial charge in [-0.05, 0) is 17.7 Å². The normalized spacial score (nSPS) is 13.5. The Labute approximate surface area is 117 Å². The quantitative estimate of drug-likeness (QED) is 0.772. The molecule has 0 spiro atoms. The summed E-state index contributed by atoms with van der Waals surface area (Å²) in [4.78, 5) is 12.1. The molecule has 4 nitrogen and oxygen atoms in total. The van der Waals surface area contributed by atoms with Crippen LogP contribution >= 0.6 is 0 Å². The second-order valence-corrected chi connectivity index (χ2v) is 4.48. The molecule has 0 aromatic heterocycles. The Morgan fingerprint density at radius 3 is 2.10 bits per heavy atom. The van der Waals surface area contributed by atoms with E-state index < -0.39 is 18.8 Å². The summed E-state index contributed by atoms with van der Waals surface area (Å²) in [5.74, 6) is -0.285. The summed E-state index contributed by atoms with van der Waals surface area (Å²) in [6.45, 7) is -0.422. The molecule has 0 aliphatic carbocycles. The van der Waals surface area contributed by atoms with Gasteiger partial charge in [0.15, 0.2) is 0 Å². The number of aliphatic hydroxyl groups is 2. The first-order valence-electron chi connectivity index (χ1n) is 6.42. The van der Waals surface area contributed by atoms with Gasteiger partial charge in [0.2, 0.25) is 0 Å². The summed E-state index contributed by atoms with van der Waals surface area (Å²) in [6.07, 6.45) is -1.05. The molecule has 104 valence electrons. The molecule has 0 aliphatic rings. The number of rotatable bonds is 5. The van der Waals surface area contributed by atoms with E-state index >= 15 is 0 Å². The van der Waals surface area contributed by atoms with E-state index in [1.807, 2.05) is 24.3 Å². The Bertz CT molecular complexity index is 542. The maximum absolute atomic E-state index is 12.1. The van der Waals surface area contributed by atoms with Crippen LogP contribution in [-0.4, -0.2) is 28.8 Å². The fourth-order valence-corrected chi connectivity index (χ4v) is 1.98. The molecule has 0 heterocycles. The van der Waals surface area contributed by atoms with Gasteiger partial charge in [-0.2, -0.15) is 0 Å². The molecule has 0 bridgehead atoms. The van der Waals surface area contributed by atoms with Gasteiger partial charge < -0.3 is 15.5 Å². The number of carbonyl (C=O) groups is 1. The number of hydrogen-bond donors (Lipinski definition) is 3. The fourth-order valence-electron chi connectivity index (χ4n) is 1.98. The van der Waals surface area contributed by atoms with Gasteiger partial charge in [-0.3, -0.25) is 4.79 Å². The minimum atomic E-state index is -1.05. The zero-order valence-corrected chi connectivity index (χ0v) is 10.9. The summed E-state index contributed by atoms with van der Waals surface area (Å²) in [6, 6.07) is 17.2. The minimum Gasteiger partial charge on any atom is -0.394 e. The van der Waals surface area contributed by atoms with Crippen LogP contribution in [0.1, 0.15) is 22.0 Å². The predicted octanol–water partition coefficient (Wildman–Crippen LogP) is 1.51. The molecule has 2 aromatic carbocycles. The van der Waals surface area contributed by atoms with Crippen LogP contribution in [0.15, 0.2) is 60.7 Å². The van der Waals surface area contributed by atoms with E-state index in [-0.39, 0.29) is 5.91 Å². The Morgan fingerprint density at radius 1 is 1.00 bits per heavy atom.